The van der Waals surface area contributed by atoms with Crippen LogP contribution >= 0.6 is 0 Å². The number of likely N-dealkylation sites (tertiary alicyclic amines) is 1. The third-order valence-electron chi connectivity index (χ3n) is 4.94. The maximum Gasteiger partial charge on any atom is 0.242 e. The Morgan fingerprint density at radius 2 is 1.95 bits per heavy atom. The molecule has 0 aromatic carbocycles. The maximum absolute atomic E-state index is 12.5. The standard InChI is InChI=1S/C17H27N3O/c1-18-16-8-6-7-14-11-19(12-15(14)16)13-17(21)20-9-4-2-3-5-10-20/h11-12,16,18H,2-10,13H2,1H3. The molecule has 1 fully saturated rings. The second-order valence-corrected chi connectivity index (χ2v) is 6.44. The lowest BCUT2D eigenvalue weighted by molar-refractivity contribution is -0.131. The minimum Gasteiger partial charge on any atom is -0.344 e. The summed E-state index contributed by atoms with van der Waals surface area (Å²) in [5, 5.41) is 3.39. The molecule has 2 aliphatic rings. The minimum atomic E-state index is 0.283. The summed E-state index contributed by atoms with van der Waals surface area (Å²) in [7, 11) is 2.03. The van der Waals surface area contributed by atoms with Gasteiger partial charge in [0.1, 0.15) is 6.54 Å². The molecule has 0 radical (unpaired) electrons. The van der Waals surface area contributed by atoms with Gasteiger partial charge in [-0.15, -0.1) is 0 Å². The van der Waals surface area contributed by atoms with Crippen molar-refractivity contribution in [2.75, 3.05) is 20.1 Å². The Kier molecular flexibility index (Phi) is 4.63. The molecule has 4 heteroatoms. The summed E-state index contributed by atoms with van der Waals surface area (Å²) in [4.78, 5) is 14.5. The topological polar surface area (TPSA) is 37.3 Å². The number of aromatic nitrogens is 1. The van der Waals surface area contributed by atoms with Crippen LogP contribution in [0, 0.1) is 0 Å². The molecule has 21 heavy (non-hydrogen) atoms. The van der Waals surface area contributed by atoms with E-state index in [0.717, 1.165) is 32.4 Å². The van der Waals surface area contributed by atoms with Crippen LogP contribution in [0.2, 0.25) is 0 Å². The summed E-state index contributed by atoms with van der Waals surface area (Å²) in [6, 6.07) is 0.461. The summed E-state index contributed by atoms with van der Waals surface area (Å²) in [5.41, 5.74) is 2.82. The van der Waals surface area contributed by atoms with Crippen molar-refractivity contribution in [3.05, 3.63) is 23.5 Å². The van der Waals surface area contributed by atoms with Gasteiger partial charge in [0.05, 0.1) is 0 Å². The lowest BCUT2D eigenvalue weighted by Gasteiger charge is -2.21. The number of amides is 1. The number of nitrogens with zero attached hydrogens (tertiary/aromatic N) is 2. The summed E-state index contributed by atoms with van der Waals surface area (Å²) >= 11 is 0. The largest absolute Gasteiger partial charge is 0.344 e. The predicted octanol–water partition coefficient (Wildman–Crippen LogP) is 2.49. The molecule has 1 atom stereocenters. The molecule has 4 nitrogen and oxygen atoms in total. The van der Waals surface area contributed by atoms with Crippen molar-refractivity contribution in [2.45, 2.75) is 57.5 Å². The Labute approximate surface area is 127 Å². The zero-order valence-electron chi connectivity index (χ0n) is 13.1. The van der Waals surface area contributed by atoms with Crippen molar-refractivity contribution in [3.63, 3.8) is 0 Å². The van der Waals surface area contributed by atoms with Gasteiger partial charge in [0.2, 0.25) is 5.91 Å². The fraction of sp³-hybridized carbons (Fsp3) is 0.706. The van der Waals surface area contributed by atoms with Gasteiger partial charge < -0.3 is 14.8 Å². The molecular formula is C17H27N3O. The number of hydrogen-bond acceptors (Lipinski definition) is 2. The molecule has 1 N–H and O–H groups in total. The molecule has 1 aromatic heterocycles. The summed E-state index contributed by atoms with van der Waals surface area (Å²) < 4.78 is 2.10. The smallest absolute Gasteiger partial charge is 0.242 e. The van der Waals surface area contributed by atoms with Crippen molar-refractivity contribution in [1.29, 1.82) is 0 Å². The molecule has 116 valence electrons. The lowest BCUT2D eigenvalue weighted by atomic mass is 9.91. The molecule has 1 saturated heterocycles. The van der Waals surface area contributed by atoms with E-state index < -0.39 is 0 Å². The van der Waals surface area contributed by atoms with Gasteiger partial charge in [-0.25, -0.2) is 0 Å². The number of carbonyl (C=O) groups is 1. The molecule has 3 rings (SSSR count). The Balaban J connectivity index is 1.67. The fourth-order valence-electron chi connectivity index (χ4n) is 3.72. The van der Waals surface area contributed by atoms with Gasteiger partial charge in [0.25, 0.3) is 0 Å². The van der Waals surface area contributed by atoms with Gasteiger partial charge in [-0.2, -0.15) is 0 Å². The van der Waals surface area contributed by atoms with Crippen LogP contribution in [0.5, 0.6) is 0 Å². The summed E-state index contributed by atoms with van der Waals surface area (Å²) in [6.45, 7) is 2.39. The van der Waals surface area contributed by atoms with E-state index >= 15 is 0 Å². The number of rotatable bonds is 3. The fourth-order valence-corrected chi connectivity index (χ4v) is 3.72. The second-order valence-electron chi connectivity index (χ2n) is 6.44. The van der Waals surface area contributed by atoms with Crippen LogP contribution in [0.4, 0.5) is 0 Å². The quantitative estimate of drug-likeness (QED) is 0.928. The van der Waals surface area contributed by atoms with Gasteiger partial charge in [-0.05, 0) is 50.3 Å². The third kappa shape index (κ3) is 3.31. The minimum absolute atomic E-state index is 0.283. The number of aryl methyl sites for hydroxylation is 1. The van der Waals surface area contributed by atoms with Crippen LogP contribution in [0.15, 0.2) is 12.4 Å². The number of hydrogen-bond donors (Lipinski definition) is 1. The highest BCUT2D eigenvalue weighted by Gasteiger charge is 2.22. The van der Waals surface area contributed by atoms with Crippen molar-refractivity contribution in [3.8, 4) is 0 Å². The SMILES string of the molecule is CNC1CCCc2cn(CC(=O)N3CCCCCC3)cc21. The first-order valence-corrected chi connectivity index (χ1v) is 8.41. The zero-order valence-corrected chi connectivity index (χ0v) is 13.1. The third-order valence-corrected chi connectivity index (χ3v) is 4.94. The first-order valence-electron chi connectivity index (χ1n) is 8.41. The highest BCUT2D eigenvalue weighted by Crippen LogP contribution is 2.30. The van der Waals surface area contributed by atoms with E-state index in [2.05, 4.69) is 27.2 Å². The van der Waals surface area contributed by atoms with Crippen LogP contribution in [-0.4, -0.2) is 35.5 Å². The first kappa shape index (κ1) is 14.6. The number of nitrogens with one attached hydrogen (secondary N) is 1. The van der Waals surface area contributed by atoms with E-state index in [-0.39, 0.29) is 5.91 Å². The molecular weight excluding hydrogens is 262 g/mol. The highest BCUT2D eigenvalue weighted by molar-refractivity contribution is 5.76. The maximum atomic E-state index is 12.5. The Morgan fingerprint density at radius 1 is 1.19 bits per heavy atom. The molecule has 1 aliphatic heterocycles. The van der Waals surface area contributed by atoms with Gasteiger partial charge in [-0.1, -0.05) is 12.8 Å². The average Bonchev–Trinajstić information content (AvgIpc) is 2.72. The summed E-state index contributed by atoms with van der Waals surface area (Å²) in [6.07, 6.45) is 12.8. The van der Waals surface area contributed by atoms with Crippen LogP contribution in [0.3, 0.4) is 0 Å². The van der Waals surface area contributed by atoms with Crippen molar-refractivity contribution in [1.82, 2.24) is 14.8 Å². The van der Waals surface area contributed by atoms with Crippen LogP contribution < -0.4 is 5.32 Å². The van der Waals surface area contributed by atoms with Gasteiger partial charge in [0, 0.05) is 31.5 Å². The lowest BCUT2D eigenvalue weighted by Crippen LogP contribution is -2.34. The van der Waals surface area contributed by atoms with Crippen LogP contribution in [0.1, 0.15) is 55.7 Å². The van der Waals surface area contributed by atoms with E-state index in [4.69, 9.17) is 0 Å². The highest BCUT2D eigenvalue weighted by atomic mass is 16.2. The average molecular weight is 289 g/mol. The Bertz CT molecular complexity index is 486. The van der Waals surface area contributed by atoms with E-state index in [1.807, 2.05) is 7.05 Å². The van der Waals surface area contributed by atoms with Gasteiger partial charge in [-0.3, -0.25) is 4.79 Å². The van der Waals surface area contributed by atoms with E-state index in [0.29, 0.717) is 12.6 Å². The molecule has 0 bridgehead atoms. The molecule has 2 heterocycles. The Hall–Kier alpha value is -1.29. The molecule has 1 unspecified atom stereocenters. The normalized spacial score (nSPS) is 22.7. The van der Waals surface area contributed by atoms with Crippen LogP contribution in [-0.2, 0) is 17.8 Å². The molecule has 0 spiro atoms. The van der Waals surface area contributed by atoms with E-state index in [9.17, 15) is 4.79 Å². The van der Waals surface area contributed by atoms with Crippen molar-refractivity contribution >= 4 is 5.91 Å². The van der Waals surface area contributed by atoms with Crippen molar-refractivity contribution in [2.24, 2.45) is 0 Å². The predicted molar refractivity (Wildman–Crippen MR) is 84.2 cm³/mol. The van der Waals surface area contributed by atoms with E-state index in [1.54, 1.807) is 0 Å². The number of carbonyl (C=O) groups excluding carboxylic acids is 1. The molecule has 0 saturated carbocycles. The van der Waals surface area contributed by atoms with E-state index in [1.165, 1.54) is 36.8 Å². The summed E-state index contributed by atoms with van der Waals surface area (Å²) in [5.74, 6) is 0.283. The second kappa shape index (κ2) is 6.65. The van der Waals surface area contributed by atoms with Crippen molar-refractivity contribution < 1.29 is 4.79 Å². The zero-order chi connectivity index (χ0) is 14.7. The monoisotopic (exact) mass is 289 g/mol. The molecule has 1 aliphatic carbocycles. The van der Waals surface area contributed by atoms with Gasteiger partial charge >= 0.3 is 0 Å². The molecule has 1 aromatic rings. The Morgan fingerprint density at radius 3 is 2.67 bits per heavy atom. The van der Waals surface area contributed by atoms with Gasteiger partial charge in [0.15, 0.2) is 0 Å². The number of fused-ring (bicyclic) bond motifs is 1. The molecule has 1 amide bonds. The first-order chi connectivity index (χ1) is 10.3. The van der Waals surface area contributed by atoms with Crippen LogP contribution in [0.25, 0.3) is 0 Å².